The molecule has 1 atom stereocenters. The Morgan fingerprint density at radius 2 is 2.33 bits per heavy atom. The third kappa shape index (κ3) is 3.75. The van der Waals surface area contributed by atoms with Crippen LogP contribution in [0.4, 0.5) is 0 Å². The summed E-state index contributed by atoms with van der Waals surface area (Å²) in [6.45, 7) is -0.203. The third-order valence-electron chi connectivity index (χ3n) is 2.91. The first-order valence-corrected chi connectivity index (χ1v) is 7.31. The zero-order valence-corrected chi connectivity index (χ0v) is 12.5. The van der Waals surface area contributed by atoms with Gasteiger partial charge in [0.05, 0.1) is 19.7 Å². The molecule has 0 bridgehead atoms. The van der Waals surface area contributed by atoms with Crippen molar-refractivity contribution < 1.29 is 19.1 Å². The predicted octanol–water partition coefficient (Wildman–Crippen LogP) is -0.693. The number of hydrogen-bond donors (Lipinski definition) is 2. The van der Waals surface area contributed by atoms with E-state index in [0.29, 0.717) is 12.2 Å². The lowest BCUT2D eigenvalue weighted by atomic mass is 10.2. The Hall–Kier alpha value is -2.03. The van der Waals surface area contributed by atoms with Gasteiger partial charge in [0.15, 0.2) is 0 Å². The van der Waals surface area contributed by atoms with Gasteiger partial charge in [0.2, 0.25) is 16.9 Å². The van der Waals surface area contributed by atoms with Crippen LogP contribution in [0, 0.1) is 0 Å². The van der Waals surface area contributed by atoms with Gasteiger partial charge in [0.1, 0.15) is 5.56 Å². The van der Waals surface area contributed by atoms with Gasteiger partial charge < -0.3 is 15.4 Å². The van der Waals surface area contributed by atoms with Crippen LogP contribution in [0.1, 0.15) is 16.8 Å². The highest BCUT2D eigenvalue weighted by Crippen LogP contribution is 2.19. The van der Waals surface area contributed by atoms with Crippen LogP contribution in [0.2, 0.25) is 0 Å². The number of carbonyl (C=O) groups excluding carboxylic acids is 3. The molecule has 1 aromatic heterocycles. The van der Waals surface area contributed by atoms with Crippen LogP contribution in [-0.4, -0.2) is 52.2 Å². The molecule has 2 heterocycles. The predicted molar refractivity (Wildman–Crippen MR) is 76.1 cm³/mol. The van der Waals surface area contributed by atoms with Gasteiger partial charge in [-0.05, 0) is 6.42 Å². The standard InChI is InChI=1S/C12H16N4O4S/c1-16-6-7(11(15-16)20-2)10(18)13-5-9(17)14-8-3-4-21-12(8)19/h6,8H,3-5H2,1-2H3,(H,13,18)(H,14,17). The van der Waals surface area contributed by atoms with Gasteiger partial charge >= 0.3 is 0 Å². The average Bonchev–Trinajstić information content (AvgIpc) is 3.02. The molecule has 0 radical (unpaired) electrons. The monoisotopic (exact) mass is 312 g/mol. The summed E-state index contributed by atoms with van der Waals surface area (Å²) in [5.74, 6) is 0.0512. The van der Waals surface area contributed by atoms with E-state index in [1.54, 1.807) is 7.05 Å². The Kier molecular flexibility index (Phi) is 4.84. The van der Waals surface area contributed by atoms with Gasteiger partial charge in [-0.2, -0.15) is 0 Å². The fourth-order valence-corrected chi connectivity index (χ4v) is 2.84. The van der Waals surface area contributed by atoms with E-state index in [2.05, 4.69) is 15.7 Å². The van der Waals surface area contributed by atoms with E-state index in [1.807, 2.05) is 0 Å². The number of methoxy groups -OCH3 is 1. The number of aryl methyl sites for hydroxylation is 1. The Bertz CT molecular complexity index is 572. The molecule has 1 aliphatic heterocycles. The molecule has 1 unspecified atom stereocenters. The van der Waals surface area contributed by atoms with E-state index in [1.165, 1.54) is 29.8 Å². The van der Waals surface area contributed by atoms with Crippen molar-refractivity contribution in [1.82, 2.24) is 20.4 Å². The normalized spacial score (nSPS) is 17.6. The number of rotatable bonds is 5. The molecule has 1 aromatic rings. The van der Waals surface area contributed by atoms with E-state index in [-0.39, 0.29) is 23.1 Å². The highest BCUT2D eigenvalue weighted by atomic mass is 32.2. The zero-order valence-electron chi connectivity index (χ0n) is 11.7. The first kappa shape index (κ1) is 15.4. The summed E-state index contributed by atoms with van der Waals surface area (Å²) < 4.78 is 6.42. The molecule has 0 saturated carbocycles. The molecule has 114 valence electrons. The maximum absolute atomic E-state index is 11.9. The second-order valence-corrected chi connectivity index (χ2v) is 5.58. The number of aromatic nitrogens is 2. The minimum atomic E-state index is -0.456. The Morgan fingerprint density at radius 1 is 1.57 bits per heavy atom. The topological polar surface area (TPSA) is 102 Å². The summed E-state index contributed by atoms with van der Waals surface area (Å²) in [6, 6.07) is -0.452. The number of thioether (sulfide) groups is 1. The Morgan fingerprint density at radius 3 is 2.95 bits per heavy atom. The third-order valence-corrected chi connectivity index (χ3v) is 3.92. The van der Waals surface area contributed by atoms with E-state index in [4.69, 9.17) is 4.74 Å². The summed E-state index contributed by atoms with van der Waals surface area (Å²) in [5, 5.41) is 8.98. The second-order valence-electron chi connectivity index (χ2n) is 4.48. The van der Waals surface area contributed by atoms with Crippen molar-refractivity contribution >= 4 is 28.7 Å². The molecule has 1 saturated heterocycles. The van der Waals surface area contributed by atoms with Crippen LogP contribution >= 0.6 is 11.8 Å². The molecule has 2 amide bonds. The molecule has 21 heavy (non-hydrogen) atoms. The van der Waals surface area contributed by atoms with E-state index in [9.17, 15) is 14.4 Å². The Balaban J connectivity index is 1.85. The van der Waals surface area contributed by atoms with Crippen LogP contribution < -0.4 is 15.4 Å². The lowest BCUT2D eigenvalue weighted by Gasteiger charge is -2.10. The molecular weight excluding hydrogens is 296 g/mol. The van der Waals surface area contributed by atoms with Crippen molar-refractivity contribution in [2.24, 2.45) is 7.05 Å². The fourth-order valence-electron chi connectivity index (χ4n) is 1.90. The quantitative estimate of drug-likeness (QED) is 0.746. The molecule has 1 aliphatic rings. The maximum Gasteiger partial charge on any atom is 0.258 e. The van der Waals surface area contributed by atoms with Crippen molar-refractivity contribution in [3.05, 3.63) is 11.8 Å². The lowest BCUT2D eigenvalue weighted by molar-refractivity contribution is -0.123. The smallest absolute Gasteiger partial charge is 0.258 e. The summed E-state index contributed by atoms with van der Waals surface area (Å²) in [7, 11) is 3.07. The second kappa shape index (κ2) is 6.61. The molecule has 2 N–H and O–H groups in total. The molecule has 0 aliphatic carbocycles. The molecule has 1 fully saturated rings. The van der Waals surface area contributed by atoms with Gasteiger partial charge in [-0.15, -0.1) is 5.10 Å². The number of carbonyl (C=O) groups is 3. The average molecular weight is 312 g/mol. The SMILES string of the molecule is COc1nn(C)cc1C(=O)NCC(=O)NC1CCSC1=O. The van der Waals surface area contributed by atoms with E-state index < -0.39 is 17.9 Å². The molecule has 9 heteroatoms. The molecule has 2 rings (SSSR count). The van der Waals surface area contributed by atoms with Crippen molar-refractivity contribution in [1.29, 1.82) is 0 Å². The first-order valence-electron chi connectivity index (χ1n) is 6.33. The molecule has 8 nitrogen and oxygen atoms in total. The maximum atomic E-state index is 11.9. The van der Waals surface area contributed by atoms with Crippen LogP contribution in [0.25, 0.3) is 0 Å². The van der Waals surface area contributed by atoms with Crippen molar-refractivity contribution in [2.45, 2.75) is 12.5 Å². The minimum Gasteiger partial charge on any atom is -0.479 e. The summed E-state index contributed by atoms with van der Waals surface area (Å²) in [5.41, 5.74) is 0.250. The van der Waals surface area contributed by atoms with Gasteiger partial charge in [-0.1, -0.05) is 11.8 Å². The minimum absolute atomic E-state index is 0.0383. The van der Waals surface area contributed by atoms with Gasteiger partial charge in [0, 0.05) is 19.0 Å². The lowest BCUT2D eigenvalue weighted by Crippen LogP contribution is -2.43. The van der Waals surface area contributed by atoms with Crippen LogP contribution in [0.5, 0.6) is 5.88 Å². The van der Waals surface area contributed by atoms with E-state index >= 15 is 0 Å². The number of hydrogen-bond acceptors (Lipinski definition) is 6. The largest absolute Gasteiger partial charge is 0.479 e. The van der Waals surface area contributed by atoms with Gasteiger partial charge in [-0.25, -0.2) is 0 Å². The fraction of sp³-hybridized carbons (Fsp3) is 0.500. The molecule has 0 aromatic carbocycles. The highest BCUT2D eigenvalue weighted by Gasteiger charge is 2.26. The number of ether oxygens (including phenoxy) is 1. The van der Waals surface area contributed by atoms with Gasteiger partial charge in [-0.3, -0.25) is 19.1 Å². The van der Waals surface area contributed by atoms with Crippen molar-refractivity contribution in [3.8, 4) is 5.88 Å². The van der Waals surface area contributed by atoms with E-state index in [0.717, 1.165) is 0 Å². The van der Waals surface area contributed by atoms with Gasteiger partial charge in [0.25, 0.3) is 5.91 Å². The summed E-state index contributed by atoms with van der Waals surface area (Å²) >= 11 is 1.21. The Labute approximate surface area is 125 Å². The van der Waals surface area contributed by atoms with Crippen LogP contribution in [0.3, 0.4) is 0 Å². The summed E-state index contributed by atoms with van der Waals surface area (Å²) in [4.78, 5) is 35.0. The van der Waals surface area contributed by atoms with Crippen molar-refractivity contribution in [3.63, 3.8) is 0 Å². The number of amides is 2. The zero-order chi connectivity index (χ0) is 15.4. The molecule has 0 spiro atoms. The molecular formula is C12H16N4O4S. The highest BCUT2D eigenvalue weighted by molar-refractivity contribution is 8.14. The van der Waals surface area contributed by atoms with Crippen LogP contribution in [0.15, 0.2) is 6.20 Å². The summed E-state index contributed by atoms with van der Waals surface area (Å²) in [6.07, 6.45) is 2.13. The first-order chi connectivity index (χ1) is 10.0. The van der Waals surface area contributed by atoms with Crippen LogP contribution in [-0.2, 0) is 16.6 Å². The number of nitrogens with zero attached hydrogens (tertiary/aromatic N) is 2. The number of nitrogens with one attached hydrogen (secondary N) is 2. The van der Waals surface area contributed by atoms with Crippen molar-refractivity contribution in [2.75, 3.05) is 19.4 Å².